The van der Waals surface area contributed by atoms with Crippen LogP contribution in [0.1, 0.15) is 36.3 Å². The number of aromatic nitrogens is 4. The van der Waals surface area contributed by atoms with E-state index >= 15 is 0 Å². The van der Waals surface area contributed by atoms with E-state index in [1.54, 1.807) is 0 Å². The fourth-order valence-corrected chi connectivity index (χ4v) is 6.56. The van der Waals surface area contributed by atoms with Gasteiger partial charge in [-0.05, 0) is 32.0 Å². The molecule has 250 valence electrons. The number of carbonyl (C=O) groups excluding carboxylic acids is 1. The summed E-state index contributed by atoms with van der Waals surface area (Å²) in [5.74, 6) is -3.54. The van der Waals surface area contributed by atoms with Crippen LogP contribution in [0.5, 0.6) is 0 Å². The van der Waals surface area contributed by atoms with Gasteiger partial charge in [-0.15, -0.1) is 5.10 Å². The largest absolute Gasteiger partial charge is 0.394 e. The topological polar surface area (TPSA) is 142 Å². The Morgan fingerprint density at radius 2 is 1.70 bits per heavy atom. The van der Waals surface area contributed by atoms with E-state index in [0.717, 1.165) is 51.2 Å². The molecule has 2 N–H and O–H groups in total. The number of nitrogens with zero attached hydrogens (tertiary/aromatic N) is 7. The first-order valence-corrected chi connectivity index (χ1v) is 15.4. The highest BCUT2D eigenvalue weighted by Crippen LogP contribution is 2.35. The van der Waals surface area contributed by atoms with Crippen molar-refractivity contribution >= 4 is 6.03 Å². The molecule has 5 atom stereocenters. The monoisotopic (exact) mass is 649 g/mol. The number of aliphatic hydroxyl groups is 2. The molecule has 3 saturated heterocycles. The van der Waals surface area contributed by atoms with Crippen molar-refractivity contribution in [2.75, 3.05) is 60.0 Å². The van der Waals surface area contributed by atoms with Crippen LogP contribution in [0.25, 0.3) is 11.3 Å². The van der Waals surface area contributed by atoms with Gasteiger partial charge in [0.2, 0.25) is 0 Å². The van der Waals surface area contributed by atoms with Crippen molar-refractivity contribution in [1.82, 2.24) is 34.9 Å². The summed E-state index contributed by atoms with van der Waals surface area (Å²) in [6, 6.07) is 2.63. The smallest absolute Gasteiger partial charge is 0.320 e. The molecule has 6 rings (SSSR count). The van der Waals surface area contributed by atoms with Crippen LogP contribution in [-0.2, 0) is 15.9 Å². The highest BCUT2D eigenvalue weighted by atomic mass is 19.2. The average Bonchev–Trinajstić information content (AvgIpc) is 3.74. The van der Waals surface area contributed by atoms with Crippen molar-refractivity contribution in [1.29, 1.82) is 0 Å². The molecule has 3 aromatic rings. The number of likely N-dealkylation sites (N-methyl/N-ethyl adjacent to an activating group) is 1. The number of rotatable bonds is 7. The molecule has 5 heterocycles. The molecule has 0 bridgehead atoms. The zero-order valence-corrected chi connectivity index (χ0v) is 25.6. The molecule has 0 saturated carbocycles. The second-order valence-electron chi connectivity index (χ2n) is 12.2. The number of methoxy groups -OCH3 is 1. The first-order chi connectivity index (χ1) is 22.2. The minimum Gasteiger partial charge on any atom is -0.394 e. The third kappa shape index (κ3) is 6.49. The maximum Gasteiger partial charge on any atom is 0.320 e. The van der Waals surface area contributed by atoms with Gasteiger partial charge >= 0.3 is 6.03 Å². The van der Waals surface area contributed by atoms with Gasteiger partial charge < -0.3 is 38.9 Å². The van der Waals surface area contributed by atoms with Crippen molar-refractivity contribution < 1.29 is 42.2 Å². The zero-order chi connectivity index (χ0) is 32.5. The van der Waals surface area contributed by atoms with Crippen LogP contribution in [0.3, 0.4) is 0 Å². The van der Waals surface area contributed by atoms with Crippen LogP contribution in [0.15, 0.2) is 28.9 Å². The molecule has 1 aromatic carbocycles. The molecule has 3 aliphatic rings. The molecule has 3 aliphatic heterocycles. The number of urea groups is 1. The van der Waals surface area contributed by atoms with Crippen molar-refractivity contribution in [2.24, 2.45) is 0 Å². The summed E-state index contributed by atoms with van der Waals surface area (Å²) in [5, 5.41) is 33.4. The second-order valence-corrected chi connectivity index (χ2v) is 12.2. The average molecular weight is 650 g/mol. The number of piperazine rings is 1. The molecule has 0 aliphatic carbocycles. The standard InChI is InChI=1S/C30H38F3N7O6/c1-37-7-9-39(10-8-37)30(43)38-5-3-17(4-6-38)23-13-19(35-46-23)14-24-29(44-2)27(28(42)25(16-41)45-24)40-15-22(34-36-40)18-11-20(31)26(33)21(32)12-18/h11-13,15,17,24-25,27-29,41-42H,3-10,14,16H2,1-2H3/t24-,25-,27+,28+,29+/m1/s1. The van der Waals surface area contributed by atoms with Crippen molar-refractivity contribution in [3.63, 3.8) is 0 Å². The lowest BCUT2D eigenvalue weighted by Gasteiger charge is -2.43. The Balaban J connectivity index is 1.13. The molecule has 13 nitrogen and oxygen atoms in total. The number of piperidine rings is 1. The second kappa shape index (κ2) is 13.7. The quantitative estimate of drug-likeness (QED) is 0.364. The van der Waals surface area contributed by atoms with Gasteiger partial charge in [-0.1, -0.05) is 10.4 Å². The fraction of sp³-hybridized carbons (Fsp3) is 0.600. The van der Waals surface area contributed by atoms with E-state index in [2.05, 4.69) is 27.4 Å². The lowest BCUT2D eigenvalue weighted by molar-refractivity contribution is -0.212. The molecule has 46 heavy (non-hydrogen) atoms. The van der Waals surface area contributed by atoms with Gasteiger partial charge in [0.15, 0.2) is 17.5 Å². The Morgan fingerprint density at radius 3 is 2.35 bits per heavy atom. The van der Waals surface area contributed by atoms with E-state index < -0.39 is 54.5 Å². The number of hydrogen-bond donors (Lipinski definition) is 2. The predicted octanol–water partition coefficient (Wildman–Crippen LogP) is 1.82. The first kappa shape index (κ1) is 32.4. The van der Waals surface area contributed by atoms with E-state index in [1.807, 2.05) is 15.9 Å². The summed E-state index contributed by atoms with van der Waals surface area (Å²) in [5.41, 5.74) is 0.584. The van der Waals surface area contributed by atoms with Crippen LogP contribution < -0.4 is 0 Å². The summed E-state index contributed by atoms with van der Waals surface area (Å²) in [7, 11) is 3.49. The molecule has 2 amide bonds. The summed E-state index contributed by atoms with van der Waals surface area (Å²) < 4.78 is 60.0. The highest BCUT2D eigenvalue weighted by molar-refractivity contribution is 5.74. The molecule has 0 spiro atoms. The number of likely N-dealkylation sites (tertiary alicyclic amines) is 1. The van der Waals surface area contributed by atoms with Gasteiger partial charge in [0.1, 0.15) is 35.8 Å². The minimum absolute atomic E-state index is 0.0425. The van der Waals surface area contributed by atoms with Crippen LogP contribution in [-0.4, -0.2) is 136 Å². The molecule has 0 radical (unpaired) electrons. The maximum atomic E-state index is 13.9. The number of amides is 2. The Labute approximate surface area is 263 Å². The number of carbonyl (C=O) groups is 1. The molecule has 16 heteroatoms. The number of hydrogen-bond acceptors (Lipinski definition) is 10. The zero-order valence-electron chi connectivity index (χ0n) is 25.6. The van der Waals surface area contributed by atoms with Crippen LogP contribution in [0.4, 0.5) is 18.0 Å². The van der Waals surface area contributed by atoms with Gasteiger partial charge in [-0.25, -0.2) is 22.6 Å². The third-order valence-electron chi connectivity index (χ3n) is 9.26. The van der Waals surface area contributed by atoms with Gasteiger partial charge in [0.25, 0.3) is 0 Å². The number of ether oxygens (including phenoxy) is 2. The highest BCUT2D eigenvalue weighted by Gasteiger charge is 2.47. The summed E-state index contributed by atoms with van der Waals surface area (Å²) in [6.45, 7) is 3.94. The van der Waals surface area contributed by atoms with Crippen LogP contribution >= 0.6 is 0 Å². The molecule has 3 fully saturated rings. The third-order valence-corrected chi connectivity index (χ3v) is 9.26. The number of halogens is 3. The Bertz CT molecular complexity index is 1480. The van der Waals surface area contributed by atoms with E-state index in [1.165, 1.54) is 18.0 Å². The number of aliphatic hydroxyl groups excluding tert-OH is 2. The van der Waals surface area contributed by atoms with Crippen LogP contribution in [0, 0.1) is 17.5 Å². The maximum absolute atomic E-state index is 13.9. The van der Waals surface area contributed by atoms with Crippen molar-refractivity contribution in [3.8, 4) is 11.3 Å². The normalized spacial score (nSPS) is 26.5. The van der Waals surface area contributed by atoms with Crippen LogP contribution in [0.2, 0.25) is 0 Å². The fourth-order valence-electron chi connectivity index (χ4n) is 6.56. The Morgan fingerprint density at radius 1 is 1.02 bits per heavy atom. The predicted molar refractivity (Wildman–Crippen MR) is 155 cm³/mol. The van der Waals surface area contributed by atoms with E-state index in [-0.39, 0.29) is 29.6 Å². The van der Waals surface area contributed by atoms with Gasteiger partial charge in [-0.3, -0.25) is 0 Å². The molecular formula is C30H38F3N7O6. The number of benzene rings is 1. The lowest BCUT2D eigenvalue weighted by atomic mass is 9.89. The van der Waals surface area contributed by atoms with E-state index in [0.29, 0.717) is 24.5 Å². The van der Waals surface area contributed by atoms with Crippen molar-refractivity contribution in [3.05, 3.63) is 53.3 Å². The van der Waals surface area contributed by atoms with E-state index in [9.17, 15) is 28.2 Å². The van der Waals surface area contributed by atoms with Crippen molar-refractivity contribution in [2.45, 2.75) is 55.6 Å². The van der Waals surface area contributed by atoms with Gasteiger partial charge in [-0.2, -0.15) is 0 Å². The summed E-state index contributed by atoms with van der Waals surface area (Å²) in [4.78, 5) is 19.0. The van der Waals surface area contributed by atoms with Gasteiger partial charge in [0.05, 0.1) is 24.6 Å². The van der Waals surface area contributed by atoms with E-state index in [4.69, 9.17) is 14.0 Å². The Kier molecular flexibility index (Phi) is 9.61. The summed E-state index contributed by atoms with van der Waals surface area (Å²) >= 11 is 0. The first-order valence-electron chi connectivity index (χ1n) is 15.4. The minimum atomic E-state index is -1.60. The lowest BCUT2D eigenvalue weighted by Crippen LogP contribution is -2.57. The molecular weight excluding hydrogens is 611 g/mol. The summed E-state index contributed by atoms with van der Waals surface area (Å²) in [6.07, 6.45) is -0.741. The SMILES string of the molecule is CO[C@@H]1[C@@H](n2cc(-c3cc(F)c(F)c(F)c3)nn2)[C@@H](O)[C@@H](CO)O[C@@H]1Cc1cc(C2CCN(C(=O)N3CCN(C)CC3)CC2)on1. The van der Waals surface area contributed by atoms with Gasteiger partial charge in [0, 0.05) is 70.3 Å². The molecule has 0 unspecified atom stereocenters. The Hall–Kier alpha value is -3.57. The molecule has 2 aromatic heterocycles.